The lowest BCUT2D eigenvalue weighted by Gasteiger charge is -2.09. The Balaban J connectivity index is 2.20. The molecule has 0 saturated heterocycles. The third-order valence-corrected chi connectivity index (χ3v) is 3.08. The molecule has 15 heavy (non-hydrogen) atoms. The van der Waals surface area contributed by atoms with Gasteiger partial charge in [0.25, 0.3) is 0 Å². The minimum atomic E-state index is -0.542. The maximum absolute atomic E-state index is 11.9. The van der Waals surface area contributed by atoms with Gasteiger partial charge in [-0.15, -0.1) is 0 Å². The average molecular weight is 203 g/mol. The monoisotopic (exact) mass is 203 g/mol. The molecule has 1 aliphatic rings. The zero-order chi connectivity index (χ0) is 11.1. The van der Waals surface area contributed by atoms with Gasteiger partial charge in [-0.05, 0) is 24.3 Å². The van der Waals surface area contributed by atoms with E-state index < -0.39 is 5.54 Å². The van der Waals surface area contributed by atoms with Gasteiger partial charge in [-0.1, -0.05) is 38.1 Å². The Morgan fingerprint density at radius 1 is 1.27 bits per heavy atom. The Bertz CT molecular complexity index is 374. The van der Waals surface area contributed by atoms with Gasteiger partial charge in [0.1, 0.15) is 0 Å². The van der Waals surface area contributed by atoms with Crippen molar-refractivity contribution in [2.45, 2.75) is 38.1 Å². The third kappa shape index (κ3) is 1.95. The lowest BCUT2D eigenvalue weighted by molar-refractivity contribution is 0.0949. The Morgan fingerprint density at radius 2 is 1.80 bits per heavy atom. The van der Waals surface area contributed by atoms with Crippen LogP contribution in [0.3, 0.4) is 0 Å². The Morgan fingerprint density at radius 3 is 2.20 bits per heavy atom. The van der Waals surface area contributed by atoms with Crippen LogP contribution in [0.5, 0.6) is 0 Å². The molecule has 0 heterocycles. The number of nitrogens with two attached hydrogens (primary N) is 1. The van der Waals surface area contributed by atoms with Crippen LogP contribution in [0, 0.1) is 0 Å². The van der Waals surface area contributed by atoms with Crippen LogP contribution >= 0.6 is 0 Å². The van der Waals surface area contributed by atoms with E-state index in [1.165, 1.54) is 5.56 Å². The Hall–Kier alpha value is -1.15. The normalized spacial score (nSPS) is 17.9. The largest absolute Gasteiger partial charge is 0.319 e. The zero-order valence-electron chi connectivity index (χ0n) is 9.29. The van der Waals surface area contributed by atoms with Gasteiger partial charge in [0, 0.05) is 5.56 Å². The predicted octanol–water partition coefficient (Wildman–Crippen LogP) is 2.48. The number of hydrogen-bond acceptors (Lipinski definition) is 2. The summed E-state index contributed by atoms with van der Waals surface area (Å²) in [4.78, 5) is 11.9. The van der Waals surface area contributed by atoms with E-state index >= 15 is 0 Å². The topological polar surface area (TPSA) is 43.1 Å². The van der Waals surface area contributed by atoms with Crippen molar-refractivity contribution in [3.63, 3.8) is 0 Å². The number of carbonyl (C=O) groups excluding carboxylic acids is 1. The molecule has 0 amide bonds. The van der Waals surface area contributed by atoms with Crippen LogP contribution in [0.15, 0.2) is 24.3 Å². The van der Waals surface area contributed by atoms with Crippen molar-refractivity contribution in [3.8, 4) is 0 Å². The van der Waals surface area contributed by atoms with E-state index in [2.05, 4.69) is 13.8 Å². The average Bonchev–Trinajstić information content (AvgIpc) is 2.97. The molecule has 0 aliphatic heterocycles. The number of ketones is 1. The summed E-state index contributed by atoms with van der Waals surface area (Å²) < 4.78 is 0. The van der Waals surface area contributed by atoms with Gasteiger partial charge in [-0.25, -0.2) is 0 Å². The molecule has 1 aromatic carbocycles. The van der Waals surface area contributed by atoms with Gasteiger partial charge in [0.2, 0.25) is 0 Å². The van der Waals surface area contributed by atoms with Gasteiger partial charge < -0.3 is 5.73 Å². The van der Waals surface area contributed by atoms with Gasteiger partial charge >= 0.3 is 0 Å². The minimum absolute atomic E-state index is 0.0952. The fourth-order valence-electron chi connectivity index (χ4n) is 1.67. The van der Waals surface area contributed by atoms with Crippen LogP contribution in [0.2, 0.25) is 0 Å². The molecule has 80 valence electrons. The molecule has 0 unspecified atom stereocenters. The van der Waals surface area contributed by atoms with Crippen molar-refractivity contribution < 1.29 is 4.79 Å². The van der Waals surface area contributed by atoms with Crippen LogP contribution in [0.4, 0.5) is 0 Å². The first-order valence-corrected chi connectivity index (χ1v) is 5.46. The summed E-state index contributed by atoms with van der Waals surface area (Å²) in [6, 6.07) is 7.82. The Kier molecular flexibility index (Phi) is 2.39. The highest BCUT2D eigenvalue weighted by molar-refractivity contribution is 6.05. The summed E-state index contributed by atoms with van der Waals surface area (Å²) in [6.45, 7) is 4.28. The molecule has 2 heteroatoms. The third-order valence-electron chi connectivity index (χ3n) is 3.08. The van der Waals surface area contributed by atoms with Crippen molar-refractivity contribution >= 4 is 5.78 Å². The van der Waals surface area contributed by atoms with Gasteiger partial charge in [0.05, 0.1) is 5.54 Å². The first-order valence-electron chi connectivity index (χ1n) is 5.46. The van der Waals surface area contributed by atoms with Crippen LogP contribution < -0.4 is 5.73 Å². The quantitative estimate of drug-likeness (QED) is 0.767. The van der Waals surface area contributed by atoms with Crippen LogP contribution in [-0.2, 0) is 0 Å². The van der Waals surface area contributed by atoms with E-state index in [9.17, 15) is 4.79 Å². The van der Waals surface area contributed by atoms with Crippen LogP contribution in [0.25, 0.3) is 0 Å². The summed E-state index contributed by atoms with van der Waals surface area (Å²) >= 11 is 0. The molecule has 0 spiro atoms. The van der Waals surface area contributed by atoms with E-state index in [-0.39, 0.29) is 5.78 Å². The number of rotatable bonds is 3. The maximum Gasteiger partial charge on any atom is 0.182 e. The van der Waals surface area contributed by atoms with Gasteiger partial charge in [0.15, 0.2) is 5.78 Å². The molecule has 2 rings (SSSR count). The van der Waals surface area contributed by atoms with Gasteiger partial charge in [-0.3, -0.25) is 4.79 Å². The molecule has 1 aliphatic carbocycles. The van der Waals surface area contributed by atoms with E-state index in [1.54, 1.807) is 0 Å². The van der Waals surface area contributed by atoms with Crippen molar-refractivity contribution in [1.82, 2.24) is 0 Å². The molecule has 2 nitrogen and oxygen atoms in total. The Labute approximate surface area is 90.5 Å². The summed E-state index contributed by atoms with van der Waals surface area (Å²) in [7, 11) is 0. The number of benzene rings is 1. The number of Topliss-reactive ketones (excluding diaryl/α,β-unsaturated/α-hetero) is 1. The standard InChI is InChI=1S/C13H17NO/c1-9(2)10-3-5-11(6-4-10)12(15)13(14)7-8-13/h3-6,9H,7-8,14H2,1-2H3. The zero-order valence-corrected chi connectivity index (χ0v) is 9.29. The van der Waals surface area contributed by atoms with Crippen molar-refractivity contribution in [1.29, 1.82) is 0 Å². The molecular formula is C13H17NO. The van der Waals surface area contributed by atoms with Crippen LogP contribution in [0.1, 0.15) is 48.5 Å². The maximum atomic E-state index is 11.9. The number of carbonyl (C=O) groups is 1. The smallest absolute Gasteiger partial charge is 0.182 e. The second-order valence-corrected chi connectivity index (χ2v) is 4.76. The molecule has 1 saturated carbocycles. The molecule has 0 bridgehead atoms. The molecule has 2 N–H and O–H groups in total. The summed E-state index contributed by atoms with van der Waals surface area (Å²) in [5.41, 5.74) is 7.34. The highest BCUT2D eigenvalue weighted by atomic mass is 16.1. The molecule has 1 aromatic rings. The lowest BCUT2D eigenvalue weighted by Crippen LogP contribution is -2.32. The predicted molar refractivity (Wildman–Crippen MR) is 61.0 cm³/mol. The fraction of sp³-hybridized carbons (Fsp3) is 0.462. The van der Waals surface area contributed by atoms with Crippen molar-refractivity contribution in [2.24, 2.45) is 5.73 Å². The van der Waals surface area contributed by atoms with Crippen molar-refractivity contribution in [3.05, 3.63) is 35.4 Å². The second kappa shape index (κ2) is 3.46. The molecule has 0 radical (unpaired) electrons. The highest BCUT2D eigenvalue weighted by Crippen LogP contribution is 2.35. The fourth-order valence-corrected chi connectivity index (χ4v) is 1.67. The first kappa shape index (κ1) is 10.4. The highest BCUT2D eigenvalue weighted by Gasteiger charge is 2.45. The summed E-state index contributed by atoms with van der Waals surface area (Å²) in [5.74, 6) is 0.597. The lowest BCUT2D eigenvalue weighted by atomic mass is 9.98. The van der Waals surface area contributed by atoms with Gasteiger partial charge in [-0.2, -0.15) is 0 Å². The first-order chi connectivity index (χ1) is 7.03. The molecule has 0 atom stereocenters. The number of hydrogen-bond donors (Lipinski definition) is 1. The van der Waals surface area contributed by atoms with Crippen molar-refractivity contribution in [2.75, 3.05) is 0 Å². The SMILES string of the molecule is CC(C)c1ccc(C(=O)C2(N)CC2)cc1. The minimum Gasteiger partial charge on any atom is -0.319 e. The van der Waals surface area contributed by atoms with E-state index in [0.29, 0.717) is 5.92 Å². The molecule has 1 fully saturated rings. The van der Waals surface area contributed by atoms with Crippen LogP contribution in [-0.4, -0.2) is 11.3 Å². The molecular weight excluding hydrogens is 186 g/mol. The van der Waals surface area contributed by atoms with E-state index in [4.69, 9.17) is 5.73 Å². The molecule has 0 aromatic heterocycles. The second-order valence-electron chi connectivity index (χ2n) is 4.76. The summed E-state index contributed by atoms with van der Waals surface area (Å²) in [6.07, 6.45) is 1.66. The van der Waals surface area contributed by atoms with E-state index in [0.717, 1.165) is 18.4 Å². The summed E-state index contributed by atoms with van der Waals surface area (Å²) in [5, 5.41) is 0. The van der Waals surface area contributed by atoms with E-state index in [1.807, 2.05) is 24.3 Å².